The van der Waals surface area contributed by atoms with E-state index in [0.29, 0.717) is 5.92 Å². The quantitative estimate of drug-likeness (QED) is 0.703. The lowest BCUT2D eigenvalue weighted by molar-refractivity contribution is 0.867. The summed E-state index contributed by atoms with van der Waals surface area (Å²) in [6.07, 6.45) is 1.79. The smallest absolute Gasteiger partial charge is 0.188 e. The number of rotatable bonds is 4. The van der Waals surface area contributed by atoms with E-state index in [-0.39, 0.29) is 0 Å². The van der Waals surface area contributed by atoms with Crippen molar-refractivity contribution >= 4 is 22.3 Å². The molecule has 0 aliphatic rings. The van der Waals surface area contributed by atoms with Gasteiger partial charge in [0.25, 0.3) is 0 Å². The molecular formula is C18H19N3S. The third kappa shape index (κ3) is 3.17. The second-order valence-electron chi connectivity index (χ2n) is 5.61. The summed E-state index contributed by atoms with van der Waals surface area (Å²) in [5.41, 5.74) is 4.60. The van der Waals surface area contributed by atoms with Gasteiger partial charge in [-0.1, -0.05) is 44.2 Å². The summed E-state index contributed by atoms with van der Waals surface area (Å²) in [6, 6.07) is 12.6. The predicted octanol–water partition coefficient (Wildman–Crippen LogP) is 5.38. The van der Waals surface area contributed by atoms with Gasteiger partial charge in [0, 0.05) is 17.1 Å². The van der Waals surface area contributed by atoms with Crippen molar-refractivity contribution in [2.45, 2.75) is 26.7 Å². The maximum absolute atomic E-state index is 4.66. The van der Waals surface area contributed by atoms with Gasteiger partial charge in [-0.15, -0.1) is 11.3 Å². The lowest BCUT2D eigenvalue weighted by atomic mass is 10.0. The van der Waals surface area contributed by atoms with Crippen LogP contribution in [-0.2, 0) is 0 Å². The molecule has 0 aliphatic carbocycles. The Morgan fingerprint density at radius 2 is 1.86 bits per heavy atom. The van der Waals surface area contributed by atoms with Gasteiger partial charge in [-0.3, -0.25) is 0 Å². The number of benzene rings is 1. The van der Waals surface area contributed by atoms with Crippen molar-refractivity contribution in [2.75, 3.05) is 5.32 Å². The average molecular weight is 309 g/mol. The molecule has 1 N–H and O–H groups in total. The first kappa shape index (κ1) is 14.7. The first-order valence-electron chi connectivity index (χ1n) is 7.38. The zero-order valence-electron chi connectivity index (χ0n) is 13.0. The Morgan fingerprint density at radius 1 is 1.09 bits per heavy atom. The maximum atomic E-state index is 4.66. The Morgan fingerprint density at radius 3 is 2.55 bits per heavy atom. The van der Waals surface area contributed by atoms with Gasteiger partial charge in [-0.05, 0) is 30.0 Å². The van der Waals surface area contributed by atoms with E-state index in [2.05, 4.69) is 58.8 Å². The van der Waals surface area contributed by atoms with Crippen molar-refractivity contribution in [3.05, 3.63) is 59.1 Å². The van der Waals surface area contributed by atoms with Gasteiger partial charge in [0.2, 0.25) is 0 Å². The highest BCUT2D eigenvalue weighted by molar-refractivity contribution is 7.14. The van der Waals surface area contributed by atoms with Crippen LogP contribution in [0.15, 0.2) is 48.0 Å². The topological polar surface area (TPSA) is 37.8 Å². The number of thiazole rings is 1. The van der Waals surface area contributed by atoms with Gasteiger partial charge >= 0.3 is 0 Å². The second kappa shape index (κ2) is 6.28. The zero-order valence-corrected chi connectivity index (χ0v) is 13.8. The molecule has 0 amide bonds. The van der Waals surface area contributed by atoms with Crippen molar-refractivity contribution in [3.8, 4) is 11.3 Å². The summed E-state index contributed by atoms with van der Waals surface area (Å²) < 4.78 is 0. The fourth-order valence-corrected chi connectivity index (χ4v) is 2.94. The minimum absolute atomic E-state index is 0.550. The van der Waals surface area contributed by atoms with Crippen molar-refractivity contribution in [2.24, 2.45) is 0 Å². The van der Waals surface area contributed by atoms with E-state index in [9.17, 15) is 0 Å². The minimum atomic E-state index is 0.550. The monoisotopic (exact) mass is 309 g/mol. The predicted molar refractivity (Wildman–Crippen MR) is 93.9 cm³/mol. The Hall–Kier alpha value is -2.20. The van der Waals surface area contributed by atoms with Crippen LogP contribution in [0.4, 0.5) is 10.9 Å². The molecule has 112 valence electrons. The molecule has 0 atom stereocenters. The molecule has 0 aliphatic heterocycles. The summed E-state index contributed by atoms with van der Waals surface area (Å²) in [5.74, 6) is 1.41. The van der Waals surface area contributed by atoms with Gasteiger partial charge in [-0.25, -0.2) is 9.97 Å². The van der Waals surface area contributed by atoms with E-state index in [1.54, 1.807) is 17.5 Å². The van der Waals surface area contributed by atoms with Crippen LogP contribution in [0.5, 0.6) is 0 Å². The molecule has 0 unspecified atom stereocenters. The summed E-state index contributed by atoms with van der Waals surface area (Å²) in [5, 5.41) is 6.23. The van der Waals surface area contributed by atoms with Crippen molar-refractivity contribution in [1.29, 1.82) is 0 Å². The number of pyridine rings is 1. The van der Waals surface area contributed by atoms with E-state index in [1.165, 1.54) is 5.56 Å². The summed E-state index contributed by atoms with van der Waals surface area (Å²) in [4.78, 5) is 9.00. The molecule has 3 aromatic rings. The third-order valence-electron chi connectivity index (χ3n) is 3.61. The summed E-state index contributed by atoms with van der Waals surface area (Å²) >= 11 is 1.60. The molecule has 1 aromatic carbocycles. The molecule has 0 radical (unpaired) electrons. The van der Waals surface area contributed by atoms with E-state index < -0.39 is 0 Å². The number of nitrogens with zero attached hydrogens (tertiary/aromatic N) is 2. The summed E-state index contributed by atoms with van der Waals surface area (Å²) in [7, 11) is 0. The van der Waals surface area contributed by atoms with Crippen LogP contribution in [0.3, 0.4) is 0 Å². The average Bonchev–Trinajstić information content (AvgIpc) is 2.98. The number of nitrogens with one attached hydrogen (secondary N) is 1. The van der Waals surface area contributed by atoms with Gasteiger partial charge in [-0.2, -0.15) is 0 Å². The van der Waals surface area contributed by atoms with E-state index >= 15 is 0 Å². The summed E-state index contributed by atoms with van der Waals surface area (Å²) in [6.45, 7) is 6.44. The van der Waals surface area contributed by atoms with Crippen molar-refractivity contribution in [3.63, 3.8) is 0 Å². The lowest BCUT2D eigenvalue weighted by Crippen LogP contribution is -1.95. The van der Waals surface area contributed by atoms with Crippen LogP contribution in [0.1, 0.15) is 30.9 Å². The van der Waals surface area contributed by atoms with Gasteiger partial charge in [0.15, 0.2) is 5.13 Å². The minimum Gasteiger partial charge on any atom is -0.316 e. The Kier molecular flexibility index (Phi) is 4.20. The number of hydrogen-bond acceptors (Lipinski definition) is 4. The second-order valence-corrected chi connectivity index (χ2v) is 6.47. The SMILES string of the molecule is Cc1cccnc1Nc1nc(-c2ccc(C(C)C)cc2)cs1. The van der Waals surface area contributed by atoms with Gasteiger partial charge < -0.3 is 5.32 Å². The first-order valence-corrected chi connectivity index (χ1v) is 8.26. The van der Waals surface area contributed by atoms with Crippen LogP contribution in [0.25, 0.3) is 11.3 Å². The lowest BCUT2D eigenvalue weighted by Gasteiger charge is -2.06. The highest BCUT2D eigenvalue weighted by atomic mass is 32.1. The largest absolute Gasteiger partial charge is 0.316 e. The molecule has 3 nitrogen and oxygen atoms in total. The number of aryl methyl sites for hydroxylation is 1. The molecule has 22 heavy (non-hydrogen) atoms. The number of anilines is 2. The molecule has 2 heterocycles. The van der Waals surface area contributed by atoms with Crippen LogP contribution >= 0.6 is 11.3 Å². The maximum Gasteiger partial charge on any atom is 0.188 e. The molecule has 3 rings (SSSR count). The fourth-order valence-electron chi connectivity index (χ4n) is 2.22. The molecular weight excluding hydrogens is 290 g/mol. The van der Waals surface area contributed by atoms with Crippen LogP contribution < -0.4 is 5.32 Å². The van der Waals surface area contributed by atoms with E-state index in [4.69, 9.17) is 0 Å². The normalized spacial score (nSPS) is 10.9. The number of aromatic nitrogens is 2. The molecule has 0 saturated carbocycles. The van der Waals surface area contributed by atoms with Crippen molar-refractivity contribution in [1.82, 2.24) is 9.97 Å². The molecule has 2 aromatic heterocycles. The van der Waals surface area contributed by atoms with E-state index in [1.807, 2.05) is 19.1 Å². The van der Waals surface area contributed by atoms with Gasteiger partial charge in [0.05, 0.1) is 5.69 Å². The van der Waals surface area contributed by atoms with Gasteiger partial charge in [0.1, 0.15) is 5.82 Å². The molecule has 0 bridgehead atoms. The van der Waals surface area contributed by atoms with Crippen LogP contribution in [-0.4, -0.2) is 9.97 Å². The highest BCUT2D eigenvalue weighted by Gasteiger charge is 2.07. The van der Waals surface area contributed by atoms with Crippen LogP contribution in [0.2, 0.25) is 0 Å². The van der Waals surface area contributed by atoms with Crippen LogP contribution in [0, 0.1) is 6.92 Å². The molecule has 0 spiro atoms. The number of hydrogen-bond donors (Lipinski definition) is 1. The fraction of sp³-hybridized carbons (Fsp3) is 0.222. The Labute approximate surface area is 135 Å². The Balaban J connectivity index is 1.80. The third-order valence-corrected chi connectivity index (χ3v) is 4.37. The standard InChI is InChI=1S/C18H19N3S/c1-12(2)14-6-8-15(9-7-14)16-11-22-18(20-16)21-17-13(3)5-4-10-19-17/h4-12H,1-3H3,(H,19,20,21). The van der Waals surface area contributed by atoms with E-state index in [0.717, 1.165) is 27.8 Å². The Bertz CT molecular complexity index is 760. The zero-order chi connectivity index (χ0) is 15.5. The molecule has 4 heteroatoms. The highest BCUT2D eigenvalue weighted by Crippen LogP contribution is 2.28. The molecule has 0 fully saturated rings. The first-order chi connectivity index (χ1) is 10.6. The molecule has 0 saturated heterocycles. The van der Waals surface area contributed by atoms with Crippen molar-refractivity contribution < 1.29 is 0 Å².